The monoisotopic (exact) mass is 260 g/mol. The second kappa shape index (κ2) is 4.66. The van der Waals surface area contributed by atoms with Gasteiger partial charge in [-0.05, 0) is 37.5 Å². The lowest BCUT2D eigenvalue weighted by atomic mass is 10.2. The lowest BCUT2D eigenvalue weighted by Gasteiger charge is -2.07. The Morgan fingerprint density at radius 1 is 1.53 bits per heavy atom. The van der Waals surface area contributed by atoms with Crippen molar-refractivity contribution in [3.05, 3.63) is 29.6 Å². The van der Waals surface area contributed by atoms with Crippen LogP contribution in [0.2, 0.25) is 0 Å². The second-order valence-electron chi connectivity index (χ2n) is 5.01. The van der Waals surface area contributed by atoms with Gasteiger partial charge in [0.2, 0.25) is 0 Å². The first-order chi connectivity index (χ1) is 9.15. The van der Waals surface area contributed by atoms with E-state index in [9.17, 15) is 4.79 Å². The predicted molar refractivity (Wildman–Crippen MR) is 70.0 cm³/mol. The van der Waals surface area contributed by atoms with E-state index in [2.05, 4.69) is 27.8 Å². The summed E-state index contributed by atoms with van der Waals surface area (Å²) in [6.45, 7) is 2.00. The highest BCUT2D eigenvalue weighted by Crippen LogP contribution is 2.38. The smallest absolute Gasteiger partial charge is 0.329 e. The second-order valence-corrected chi connectivity index (χ2v) is 5.01. The van der Waals surface area contributed by atoms with E-state index in [1.807, 2.05) is 6.92 Å². The standard InChI is InChI=1S/C14H16N2O3/c1-9-2-5-12-11(6-9)15-13(7-19-8-14(17)18)16(12)10-3-4-10/h2,5-6,10H,3-4,7-8H2,1H3,(H,17,18). The normalized spacial score (nSPS) is 15.0. The Labute approximate surface area is 110 Å². The van der Waals surface area contributed by atoms with Gasteiger partial charge in [-0.1, -0.05) is 6.07 Å². The van der Waals surface area contributed by atoms with E-state index in [0.29, 0.717) is 6.04 Å². The third-order valence-electron chi connectivity index (χ3n) is 3.29. The quantitative estimate of drug-likeness (QED) is 0.895. The zero-order valence-electron chi connectivity index (χ0n) is 10.8. The zero-order valence-corrected chi connectivity index (χ0v) is 10.8. The molecule has 19 heavy (non-hydrogen) atoms. The number of imidazole rings is 1. The minimum Gasteiger partial charge on any atom is -0.480 e. The Morgan fingerprint density at radius 2 is 2.32 bits per heavy atom. The van der Waals surface area contributed by atoms with Crippen LogP contribution in [0.15, 0.2) is 18.2 Å². The summed E-state index contributed by atoms with van der Waals surface area (Å²) in [7, 11) is 0. The van der Waals surface area contributed by atoms with E-state index >= 15 is 0 Å². The van der Waals surface area contributed by atoms with Crippen LogP contribution in [0.3, 0.4) is 0 Å². The summed E-state index contributed by atoms with van der Waals surface area (Å²) in [4.78, 5) is 15.1. The van der Waals surface area contributed by atoms with Crippen LogP contribution in [0.5, 0.6) is 0 Å². The molecule has 0 unspecified atom stereocenters. The SMILES string of the molecule is Cc1ccc2c(c1)nc(COCC(=O)O)n2C1CC1. The van der Waals surface area contributed by atoms with Crippen molar-refractivity contribution >= 4 is 17.0 Å². The van der Waals surface area contributed by atoms with Crippen LogP contribution in [0, 0.1) is 6.92 Å². The first-order valence-corrected chi connectivity index (χ1v) is 6.42. The van der Waals surface area contributed by atoms with E-state index in [1.165, 1.54) is 5.56 Å². The molecule has 0 aliphatic heterocycles. The molecular formula is C14H16N2O3. The van der Waals surface area contributed by atoms with Gasteiger partial charge >= 0.3 is 5.97 Å². The number of benzene rings is 1. The van der Waals surface area contributed by atoms with Crippen molar-refractivity contribution in [3.63, 3.8) is 0 Å². The largest absolute Gasteiger partial charge is 0.480 e. The molecule has 1 N–H and O–H groups in total. The van der Waals surface area contributed by atoms with Crippen LogP contribution in [0.4, 0.5) is 0 Å². The van der Waals surface area contributed by atoms with Crippen molar-refractivity contribution in [2.75, 3.05) is 6.61 Å². The molecule has 3 rings (SSSR count). The van der Waals surface area contributed by atoms with Crippen LogP contribution in [-0.2, 0) is 16.1 Å². The van der Waals surface area contributed by atoms with Gasteiger partial charge in [0, 0.05) is 6.04 Å². The fourth-order valence-electron chi connectivity index (χ4n) is 2.33. The molecule has 1 fully saturated rings. The Morgan fingerprint density at radius 3 is 3.00 bits per heavy atom. The van der Waals surface area contributed by atoms with Crippen molar-refractivity contribution in [2.24, 2.45) is 0 Å². The zero-order chi connectivity index (χ0) is 13.4. The fraction of sp³-hybridized carbons (Fsp3) is 0.429. The number of carbonyl (C=O) groups is 1. The summed E-state index contributed by atoms with van der Waals surface area (Å²) in [5, 5.41) is 8.61. The van der Waals surface area contributed by atoms with Crippen LogP contribution in [0.1, 0.15) is 30.3 Å². The van der Waals surface area contributed by atoms with Crippen molar-refractivity contribution in [1.82, 2.24) is 9.55 Å². The minimum absolute atomic E-state index is 0.247. The molecule has 0 spiro atoms. The summed E-state index contributed by atoms with van der Waals surface area (Å²) in [5.74, 6) is -0.130. The van der Waals surface area contributed by atoms with Crippen LogP contribution >= 0.6 is 0 Å². The van der Waals surface area contributed by atoms with Crippen molar-refractivity contribution in [1.29, 1.82) is 0 Å². The lowest BCUT2D eigenvalue weighted by Crippen LogP contribution is -2.10. The van der Waals surface area contributed by atoms with Crippen molar-refractivity contribution in [2.45, 2.75) is 32.4 Å². The van der Waals surface area contributed by atoms with Gasteiger partial charge in [-0.25, -0.2) is 9.78 Å². The number of aliphatic carboxylic acids is 1. The summed E-state index contributed by atoms with van der Waals surface area (Å²) < 4.78 is 7.37. The molecule has 2 aromatic rings. The van der Waals surface area contributed by atoms with Gasteiger partial charge in [0.15, 0.2) is 0 Å². The number of hydrogen-bond acceptors (Lipinski definition) is 3. The van der Waals surface area contributed by atoms with Gasteiger partial charge < -0.3 is 14.4 Å². The summed E-state index contributed by atoms with van der Waals surface area (Å²) in [5.41, 5.74) is 3.24. The van der Waals surface area contributed by atoms with E-state index in [4.69, 9.17) is 9.84 Å². The molecule has 1 aliphatic rings. The fourth-order valence-corrected chi connectivity index (χ4v) is 2.33. The molecular weight excluding hydrogens is 244 g/mol. The number of aryl methyl sites for hydroxylation is 1. The Bertz CT molecular complexity index is 629. The van der Waals surface area contributed by atoms with Gasteiger partial charge in [0.25, 0.3) is 0 Å². The topological polar surface area (TPSA) is 64.3 Å². The molecule has 5 nitrogen and oxygen atoms in total. The summed E-state index contributed by atoms with van der Waals surface area (Å²) >= 11 is 0. The van der Waals surface area contributed by atoms with Gasteiger partial charge in [0.1, 0.15) is 19.0 Å². The summed E-state index contributed by atoms with van der Waals surface area (Å²) in [6, 6.07) is 6.70. The average molecular weight is 260 g/mol. The highest BCUT2D eigenvalue weighted by atomic mass is 16.5. The lowest BCUT2D eigenvalue weighted by molar-refractivity contribution is -0.142. The highest BCUT2D eigenvalue weighted by molar-refractivity contribution is 5.77. The van der Waals surface area contributed by atoms with Gasteiger partial charge in [0.05, 0.1) is 11.0 Å². The molecule has 1 heterocycles. The number of rotatable bonds is 5. The highest BCUT2D eigenvalue weighted by Gasteiger charge is 2.28. The van der Waals surface area contributed by atoms with Crippen LogP contribution < -0.4 is 0 Å². The average Bonchev–Trinajstić information content (AvgIpc) is 3.11. The van der Waals surface area contributed by atoms with E-state index in [0.717, 1.165) is 29.7 Å². The van der Waals surface area contributed by atoms with Gasteiger partial charge in [-0.2, -0.15) is 0 Å². The maximum atomic E-state index is 10.5. The number of fused-ring (bicyclic) bond motifs is 1. The van der Waals surface area contributed by atoms with Crippen molar-refractivity contribution < 1.29 is 14.6 Å². The maximum Gasteiger partial charge on any atom is 0.329 e. The molecule has 100 valence electrons. The Balaban J connectivity index is 1.93. The predicted octanol–water partition coefficient (Wildman–Crippen LogP) is 2.28. The minimum atomic E-state index is -0.954. The molecule has 5 heteroatoms. The number of carboxylic acids is 1. The van der Waals surface area contributed by atoms with Gasteiger partial charge in [-0.3, -0.25) is 0 Å². The van der Waals surface area contributed by atoms with Crippen LogP contribution in [0.25, 0.3) is 11.0 Å². The Kier molecular flexibility index (Phi) is 2.98. The number of hydrogen-bond donors (Lipinski definition) is 1. The van der Waals surface area contributed by atoms with Crippen LogP contribution in [-0.4, -0.2) is 27.2 Å². The third kappa shape index (κ3) is 2.46. The van der Waals surface area contributed by atoms with E-state index in [-0.39, 0.29) is 13.2 Å². The molecule has 0 radical (unpaired) electrons. The first kappa shape index (κ1) is 12.2. The van der Waals surface area contributed by atoms with Crippen molar-refractivity contribution in [3.8, 4) is 0 Å². The number of aromatic nitrogens is 2. The first-order valence-electron chi connectivity index (χ1n) is 6.42. The molecule has 0 amide bonds. The molecule has 0 bridgehead atoms. The molecule has 1 aromatic carbocycles. The van der Waals surface area contributed by atoms with E-state index in [1.54, 1.807) is 0 Å². The molecule has 0 saturated heterocycles. The number of nitrogens with zero attached hydrogens (tertiary/aromatic N) is 2. The summed E-state index contributed by atoms with van der Waals surface area (Å²) in [6.07, 6.45) is 2.32. The third-order valence-corrected chi connectivity index (χ3v) is 3.29. The maximum absolute atomic E-state index is 10.5. The molecule has 1 aliphatic carbocycles. The number of carboxylic acid groups (broad SMARTS) is 1. The molecule has 0 atom stereocenters. The van der Waals surface area contributed by atoms with Gasteiger partial charge in [-0.15, -0.1) is 0 Å². The molecule has 1 aromatic heterocycles. The Hall–Kier alpha value is -1.88. The number of ether oxygens (including phenoxy) is 1. The van der Waals surface area contributed by atoms with E-state index < -0.39 is 5.97 Å². The molecule has 1 saturated carbocycles.